The first-order chi connectivity index (χ1) is 6.18. The van der Waals surface area contributed by atoms with E-state index in [1.165, 1.54) is 12.3 Å². The number of carboxylic acid groups (broad SMARTS) is 1. The molecule has 0 amide bonds. The summed E-state index contributed by atoms with van der Waals surface area (Å²) in [7, 11) is 0. The molecule has 0 aromatic carbocycles. The van der Waals surface area contributed by atoms with Gasteiger partial charge in [0.2, 0.25) is 5.56 Å². The van der Waals surface area contributed by atoms with Gasteiger partial charge in [0, 0.05) is 12.3 Å². The number of ether oxygens (including phenoxy) is 1. The maximum absolute atomic E-state index is 10.8. The summed E-state index contributed by atoms with van der Waals surface area (Å²) in [5.74, 6) is -1.02. The summed E-state index contributed by atoms with van der Waals surface area (Å²) in [4.78, 5) is 23.3. The number of carbonyl (C=O) groups is 1. The molecular weight excluding hydrogens is 174 g/mol. The minimum Gasteiger partial charge on any atom is -0.480 e. The van der Waals surface area contributed by atoms with E-state index in [1.54, 1.807) is 6.07 Å². The quantitative estimate of drug-likeness (QED) is 0.687. The molecule has 0 aliphatic rings. The normalized spacial score (nSPS) is 9.85. The third kappa shape index (κ3) is 3.53. The zero-order chi connectivity index (χ0) is 9.68. The fraction of sp³-hybridized carbons (Fsp3) is 0.250. The zero-order valence-electron chi connectivity index (χ0n) is 6.82. The van der Waals surface area contributed by atoms with Crippen molar-refractivity contribution >= 4 is 5.97 Å². The second kappa shape index (κ2) is 4.42. The van der Waals surface area contributed by atoms with Crippen LogP contribution in [0, 0.1) is 0 Å². The smallest absolute Gasteiger partial charge is 0.329 e. The lowest BCUT2D eigenvalue weighted by Crippen LogP contribution is -2.09. The zero-order valence-corrected chi connectivity index (χ0v) is 6.82. The first-order valence-corrected chi connectivity index (χ1v) is 3.65. The van der Waals surface area contributed by atoms with Crippen LogP contribution in [0.25, 0.3) is 0 Å². The molecule has 0 unspecified atom stereocenters. The highest BCUT2D eigenvalue weighted by Gasteiger charge is 1.97. The Bertz CT molecular complexity index is 344. The first-order valence-electron chi connectivity index (χ1n) is 3.65. The average Bonchev–Trinajstić information content (AvgIpc) is 2.03. The minimum atomic E-state index is -1.02. The predicted molar refractivity (Wildman–Crippen MR) is 44.4 cm³/mol. The number of carboxylic acids is 1. The van der Waals surface area contributed by atoms with E-state index in [4.69, 9.17) is 9.84 Å². The fourth-order valence-corrected chi connectivity index (χ4v) is 0.835. The van der Waals surface area contributed by atoms with Gasteiger partial charge in [0.15, 0.2) is 0 Å². The lowest BCUT2D eigenvalue weighted by atomic mass is 10.3. The van der Waals surface area contributed by atoms with Crippen LogP contribution in [0.15, 0.2) is 23.1 Å². The Labute approximate surface area is 74.0 Å². The summed E-state index contributed by atoms with van der Waals surface area (Å²) in [5.41, 5.74) is 0.432. The molecule has 2 N–H and O–H groups in total. The number of H-pyrrole nitrogens is 1. The van der Waals surface area contributed by atoms with Gasteiger partial charge in [-0.25, -0.2) is 4.79 Å². The van der Waals surface area contributed by atoms with E-state index < -0.39 is 5.97 Å². The molecule has 1 heterocycles. The molecule has 5 heteroatoms. The van der Waals surface area contributed by atoms with E-state index >= 15 is 0 Å². The van der Waals surface area contributed by atoms with Crippen LogP contribution in [0.5, 0.6) is 0 Å². The van der Waals surface area contributed by atoms with Gasteiger partial charge in [-0.3, -0.25) is 4.79 Å². The van der Waals surface area contributed by atoms with E-state index in [2.05, 4.69) is 4.98 Å². The molecule has 0 saturated heterocycles. The van der Waals surface area contributed by atoms with E-state index in [9.17, 15) is 9.59 Å². The fourth-order valence-electron chi connectivity index (χ4n) is 0.835. The van der Waals surface area contributed by atoms with E-state index in [0.717, 1.165) is 0 Å². The molecule has 0 saturated carbocycles. The van der Waals surface area contributed by atoms with Gasteiger partial charge in [0.05, 0.1) is 6.61 Å². The molecule has 0 fully saturated rings. The second-order valence-corrected chi connectivity index (χ2v) is 2.45. The summed E-state index contributed by atoms with van der Waals surface area (Å²) in [6, 6.07) is 3.02. The number of rotatable bonds is 4. The molecule has 0 spiro atoms. The number of aromatic amines is 1. The van der Waals surface area contributed by atoms with Crippen molar-refractivity contribution in [2.24, 2.45) is 0 Å². The van der Waals surface area contributed by atoms with Crippen LogP contribution < -0.4 is 5.56 Å². The summed E-state index contributed by atoms with van der Waals surface area (Å²) in [5, 5.41) is 8.25. The molecular formula is C8H9NO4. The maximum atomic E-state index is 10.8. The van der Waals surface area contributed by atoms with Gasteiger partial charge in [-0.2, -0.15) is 0 Å². The van der Waals surface area contributed by atoms with Crippen molar-refractivity contribution < 1.29 is 14.6 Å². The van der Waals surface area contributed by atoms with Crippen LogP contribution in [-0.2, 0) is 16.1 Å². The van der Waals surface area contributed by atoms with Crippen LogP contribution in [-0.4, -0.2) is 22.7 Å². The van der Waals surface area contributed by atoms with Crippen LogP contribution in [0.4, 0.5) is 0 Å². The predicted octanol–water partition coefficient (Wildman–Crippen LogP) is -0.0239. The highest BCUT2D eigenvalue weighted by Crippen LogP contribution is 1.95. The Hall–Kier alpha value is -1.62. The van der Waals surface area contributed by atoms with Crippen LogP contribution in [0.1, 0.15) is 5.56 Å². The molecule has 1 aromatic heterocycles. The average molecular weight is 183 g/mol. The van der Waals surface area contributed by atoms with Crippen LogP contribution >= 0.6 is 0 Å². The molecule has 0 bridgehead atoms. The molecule has 0 radical (unpaired) electrons. The molecule has 13 heavy (non-hydrogen) atoms. The number of hydrogen-bond donors (Lipinski definition) is 2. The molecule has 1 rings (SSSR count). The van der Waals surface area contributed by atoms with Crippen LogP contribution in [0.2, 0.25) is 0 Å². The SMILES string of the molecule is O=C(O)COCc1cc[nH]c(=O)c1. The number of pyridine rings is 1. The van der Waals surface area contributed by atoms with Crippen molar-refractivity contribution in [3.63, 3.8) is 0 Å². The van der Waals surface area contributed by atoms with Gasteiger partial charge < -0.3 is 14.8 Å². The number of hydrogen-bond acceptors (Lipinski definition) is 3. The van der Waals surface area contributed by atoms with Gasteiger partial charge in [0.25, 0.3) is 0 Å². The van der Waals surface area contributed by atoms with Gasteiger partial charge in [-0.1, -0.05) is 0 Å². The summed E-state index contributed by atoms with van der Waals surface area (Å²) < 4.78 is 4.78. The molecule has 5 nitrogen and oxygen atoms in total. The molecule has 0 aliphatic carbocycles. The Morgan fingerprint density at radius 3 is 3.00 bits per heavy atom. The van der Waals surface area contributed by atoms with Gasteiger partial charge in [0.1, 0.15) is 6.61 Å². The van der Waals surface area contributed by atoms with E-state index in [-0.39, 0.29) is 18.8 Å². The van der Waals surface area contributed by atoms with Crippen molar-refractivity contribution in [3.05, 3.63) is 34.2 Å². The topological polar surface area (TPSA) is 79.4 Å². The van der Waals surface area contributed by atoms with E-state index in [1.807, 2.05) is 0 Å². The highest BCUT2D eigenvalue weighted by atomic mass is 16.5. The van der Waals surface area contributed by atoms with Crippen LogP contribution in [0.3, 0.4) is 0 Å². The van der Waals surface area contributed by atoms with Crippen molar-refractivity contribution in [1.29, 1.82) is 0 Å². The van der Waals surface area contributed by atoms with Crippen molar-refractivity contribution in [2.75, 3.05) is 6.61 Å². The maximum Gasteiger partial charge on any atom is 0.329 e. The number of nitrogens with one attached hydrogen (secondary N) is 1. The minimum absolute atomic E-state index is 0.135. The Morgan fingerprint density at radius 2 is 2.38 bits per heavy atom. The first kappa shape index (κ1) is 9.47. The molecule has 0 atom stereocenters. The molecule has 70 valence electrons. The largest absolute Gasteiger partial charge is 0.480 e. The van der Waals surface area contributed by atoms with Gasteiger partial charge in [-0.15, -0.1) is 0 Å². The second-order valence-electron chi connectivity index (χ2n) is 2.45. The monoisotopic (exact) mass is 183 g/mol. The van der Waals surface area contributed by atoms with Crippen molar-refractivity contribution in [1.82, 2.24) is 4.98 Å². The Balaban J connectivity index is 2.45. The summed E-state index contributed by atoms with van der Waals surface area (Å²) >= 11 is 0. The third-order valence-corrected chi connectivity index (χ3v) is 1.33. The Morgan fingerprint density at radius 1 is 1.62 bits per heavy atom. The number of aliphatic carboxylic acids is 1. The lowest BCUT2D eigenvalue weighted by molar-refractivity contribution is -0.142. The summed E-state index contributed by atoms with van der Waals surface area (Å²) in [6.07, 6.45) is 1.49. The highest BCUT2D eigenvalue weighted by molar-refractivity contribution is 5.67. The third-order valence-electron chi connectivity index (χ3n) is 1.33. The van der Waals surface area contributed by atoms with Crippen molar-refractivity contribution in [3.8, 4) is 0 Å². The Kier molecular flexibility index (Phi) is 3.22. The summed E-state index contributed by atoms with van der Waals surface area (Å²) in [6.45, 7) is -0.219. The lowest BCUT2D eigenvalue weighted by Gasteiger charge is -1.99. The van der Waals surface area contributed by atoms with E-state index in [0.29, 0.717) is 5.56 Å². The van der Waals surface area contributed by atoms with Crippen molar-refractivity contribution in [2.45, 2.75) is 6.61 Å². The molecule has 0 aliphatic heterocycles. The van der Waals surface area contributed by atoms with Gasteiger partial charge >= 0.3 is 5.97 Å². The van der Waals surface area contributed by atoms with Gasteiger partial charge in [-0.05, 0) is 11.6 Å². The molecule has 1 aromatic rings. The number of aromatic nitrogens is 1. The standard InChI is InChI=1S/C8H9NO4/c10-7-3-6(1-2-9-7)4-13-5-8(11)12/h1-3H,4-5H2,(H,9,10)(H,11,12).